The quantitative estimate of drug-likeness (QED) is 0.599. The summed E-state index contributed by atoms with van der Waals surface area (Å²) in [6.45, 7) is 2.17. The van der Waals surface area contributed by atoms with Gasteiger partial charge in [0, 0.05) is 0 Å². The van der Waals surface area contributed by atoms with E-state index in [0.29, 0.717) is 9.41 Å². The van der Waals surface area contributed by atoms with E-state index in [1.165, 1.54) is 12.8 Å². The Morgan fingerprint density at radius 1 is 1.31 bits per heavy atom. The molecule has 3 nitrogen and oxygen atoms in total. The molecule has 72 valence electrons. The van der Waals surface area contributed by atoms with Gasteiger partial charge in [-0.1, -0.05) is 32.0 Å². The molecule has 1 aromatic rings. The van der Waals surface area contributed by atoms with Crippen molar-refractivity contribution in [1.82, 2.24) is 15.2 Å². The third-order valence-corrected chi connectivity index (χ3v) is 2.33. The summed E-state index contributed by atoms with van der Waals surface area (Å²) in [5, 5.41) is 6.80. The minimum atomic E-state index is 0.490. The summed E-state index contributed by atoms with van der Waals surface area (Å²) in [4.78, 5) is 2.88. The minimum Gasteiger partial charge on any atom is -0.321 e. The van der Waals surface area contributed by atoms with E-state index in [9.17, 15) is 0 Å². The van der Waals surface area contributed by atoms with Gasteiger partial charge in [-0.3, -0.25) is 5.10 Å². The van der Waals surface area contributed by atoms with Crippen LogP contribution < -0.4 is 0 Å². The van der Waals surface area contributed by atoms with Gasteiger partial charge in [-0.2, -0.15) is 5.10 Å². The molecule has 1 heterocycles. The van der Waals surface area contributed by atoms with E-state index in [1.807, 2.05) is 0 Å². The molecule has 1 aromatic heterocycles. The fraction of sp³-hybridized carbons (Fsp3) is 0.625. The molecule has 0 aliphatic rings. The second-order valence-electron chi connectivity index (χ2n) is 2.91. The monoisotopic (exact) mass is 215 g/mol. The number of hydrogen-bond donors (Lipinski definition) is 2. The molecule has 0 unspecified atom stereocenters. The number of aromatic amines is 2. The van der Waals surface area contributed by atoms with E-state index in [2.05, 4.69) is 22.1 Å². The fourth-order valence-corrected chi connectivity index (χ4v) is 1.55. The molecule has 0 amide bonds. The van der Waals surface area contributed by atoms with E-state index in [1.54, 1.807) is 0 Å². The van der Waals surface area contributed by atoms with Gasteiger partial charge < -0.3 is 4.98 Å². The van der Waals surface area contributed by atoms with Crippen LogP contribution in [0.1, 0.15) is 31.9 Å². The van der Waals surface area contributed by atoms with Crippen LogP contribution >= 0.6 is 24.4 Å². The second-order valence-corrected chi connectivity index (χ2v) is 3.73. The van der Waals surface area contributed by atoms with Gasteiger partial charge in [-0.25, -0.2) is 0 Å². The maximum atomic E-state index is 5.08. The van der Waals surface area contributed by atoms with Crippen molar-refractivity contribution in [2.24, 2.45) is 0 Å². The number of H-pyrrole nitrogens is 2. The molecule has 13 heavy (non-hydrogen) atoms. The van der Waals surface area contributed by atoms with Gasteiger partial charge in [0.15, 0.2) is 4.77 Å². The first-order valence-electron chi connectivity index (χ1n) is 4.42. The molecule has 5 heteroatoms. The Hall–Kier alpha value is -0.550. The van der Waals surface area contributed by atoms with E-state index in [-0.39, 0.29) is 0 Å². The lowest BCUT2D eigenvalue weighted by Gasteiger charge is -1.98. The highest BCUT2D eigenvalue weighted by molar-refractivity contribution is 7.72. The van der Waals surface area contributed by atoms with Gasteiger partial charge in [-0.15, -0.1) is 0 Å². The van der Waals surface area contributed by atoms with Crippen molar-refractivity contribution in [2.45, 2.75) is 32.6 Å². The van der Waals surface area contributed by atoms with Crippen molar-refractivity contribution in [2.75, 3.05) is 0 Å². The van der Waals surface area contributed by atoms with Crippen molar-refractivity contribution >= 4 is 24.4 Å². The smallest absolute Gasteiger partial charge is 0.192 e. The molecule has 0 aliphatic carbocycles. The van der Waals surface area contributed by atoms with Crippen LogP contribution in [-0.4, -0.2) is 15.2 Å². The first kappa shape index (κ1) is 10.5. The first-order chi connectivity index (χ1) is 6.24. The van der Waals surface area contributed by atoms with Gasteiger partial charge in [0.25, 0.3) is 0 Å². The van der Waals surface area contributed by atoms with Crippen molar-refractivity contribution in [1.29, 1.82) is 0 Å². The average Bonchev–Trinajstić information content (AvgIpc) is 2.09. The van der Waals surface area contributed by atoms with Crippen molar-refractivity contribution in [3.8, 4) is 0 Å². The molecular weight excluding hydrogens is 202 g/mol. The van der Waals surface area contributed by atoms with Gasteiger partial charge in [0.05, 0.1) is 5.69 Å². The third-order valence-electron chi connectivity index (χ3n) is 1.80. The van der Waals surface area contributed by atoms with Crippen LogP contribution in [0.25, 0.3) is 0 Å². The molecule has 0 spiro atoms. The number of nitrogens with zero attached hydrogens (tertiary/aromatic N) is 1. The Labute approximate surface area is 87.6 Å². The van der Waals surface area contributed by atoms with Gasteiger partial charge in [0.1, 0.15) is 4.64 Å². The van der Waals surface area contributed by atoms with Crippen LogP contribution in [0.2, 0.25) is 0 Å². The molecule has 0 aromatic carbocycles. The summed E-state index contributed by atoms with van der Waals surface area (Å²) in [7, 11) is 0. The Bertz CT molecular complexity index is 366. The van der Waals surface area contributed by atoms with Crippen LogP contribution in [0, 0.1) is 9.41 Å². The number of aromatic nitrogens is 3. The lowest BCUT2D eigenvalue weighted by molar-refractivity contribution is 0.691. The largest absolute Gasteiger partial charge is 0.321 e. The molecule has 0 atom stereocenters. The molecule has 0 saturated carbocycles. The summed E-state index contributed by atoms with van der Waals surface area (Å²) in [5.74, 6) is 0. The maximum absolute atomic E-state index is 5.08. The Morgan fingerprint density at radius 3 is 2.69 bits per heavy atom. The maximum Gasteiger partial charge on any atom is 0.192 e. The fourth-order valence-electron chi connectivity index (χ4n) is 1.08. The van der Waals surface area contributed by atoms with Crippen molar-refractivity contribution in [3.63, 3.8) is 0 Å². The second kappa shape index (κ2) is 5.24. The molecular formula is C8H13N3S2. The zero-order valence-electron chi connectivity index (χ0n) is 7.59. The van der Waals surface area contributed by atoms with Crippen LogP contribution in [0.4, 0.5) is 0 Å². The van der Waals surface area contributed by atoms with E-state index in [4.69, 9.17) is 24.4 Å². The predicted octanol–water partition coefficient (Wildman–Crippen LogP) is 2.93. The van der Waals surface area contributed by atoms with Crippen LogP contribution in [0.3, 0.4) is 0 Å². The highest BCUT2D eigenvalue weighted by atomic mass is 32.1. The summed E-state index contributed by atoms with van der Waals surface area (Å²) >= 11 is 9.94. The Morgan fingerprint density at radius 2 is 2.08 bits per heavy atom. The Balaban J connectivity index is 2.67. The summed E-state index contributed by atoms with van der Waals surface area (Å²) in [6.07, 6.45) is 4.48. The molecule has 0 fully saturated rings. The number of rotatable bonds is 4. The topological polar surface area (TPSA) is 44.5 Å². The third kappa shape index (κ3) is 3.36. The number of nitrogens with one attached hydrogen (secondary N) is 2. The summed E-state index contributed by atoms with van der Waals surface area (Å²) in [6, 6.07) is 0. The van der Waals surface area contributed by atoms with Gasteiger partial charge >= 0.3 is 0 Å². The van der Waals surface area contributed by atoms with Gasteiger partial charge in [-0.05, 0) is 25.1 Å². The van der Waals surface area contributed by atoms with E-state index in [0.717, 1.165) is 18.5 Å². The average molecular weight is 215 g/mol. The van der Waals surface area contributed by atoms with E-state index >= 15 is 0 Å². The molecule has 2 N–H and O–H groups in total. The Kier molecular flexibility index (Phi) is 4.24. The summed E-state index contributed by atoms with van der Waals surface area (Å²) in [5.41, 5.74) is 0.914. The zero-order valence-corrected chi connectivity index (χ0v) is 9.23. The lowest BCUT2D eigenvalue weighted by atomic mass is 10.2. The van der Waals surface area contributed by atoms with Crippen LogP contribution in [0.5, 0.6) is 0 Å². The molecule has 1 rings (SSSR count). The number of aryl methyl sites for hydroxylation is 1. The standard InChI is InChI=1S/C8H13N3S2/c1-2-3-4-5-6-7(12)9-8(13)11-10-6/h2-5H2,1H3,(H2,9,11,12,13). The predicted molar refractivity (Wildman–Crippen MR) is 57.8 cm³/mol. The first-order valence-corrected chi connectivity index (χ1v) is 5.23. The van der Waals surface area contributed by atoms with E-state index < -0.39 is 0 Å². The zero-order chi connectivity index (χ0) is 9.68. The number of unbranched alkanes of at least 4 members (excludes halogenated alkanes) is 2. The SMILES string of the molecule is CCCCCc1n[nH]c(=S)[nH]c1=S. The number of hydrogen-bond acceptors (Lipinski definition) is 3. The van der Waals surface area contributed by atoms with Crippen molar-refractivity contribution in [3.05, 3.63) is 15.1 Å². The highest BCUT2D eigenvalue weighted by Crippen LogP contribution is 2.03. The molecule has 0 bridgehead atoms. The molecule has 0 aliphatic heterocycles. The minimum absolute atomic E-state index is 0.490. The lowest BCUT2D eigenvalue weighted by Crippen LogP contribution is -1.97. The highest BCUT2D eigenvalue weighted by Gasteiger charge is 1.96. The molecule has 0 radical (unpaired) electrons. The van der Waals surface area contributed by atoms with Crippen LogP contribution in [0.15, 0.2) is 0 Å². The summed E-state index contributed by atoms with van der Waals surface area (Å²) < 4.78 is 1.16. The van der Waals surface area contributed by atoms with Crippen molar-refractivity contribution < 1.29 is 0 Å². The van der Waals surface area contributed by atoms with Crippen LogP contribution in [-0.2, 0) is 6.42 Å². The molecule has 0 saturated heterocycles. The normalized spacial score (nSPS) is 10.2. The van der Waals surface area contributed by atoms with Gasteiger partial charge in [0.2, 0.25) is 0 Å².